The maximum atomic E-state index is 14.3. The summed E-state index contributed by atoms with van der Waals surface area (Å²) in [6.07, 6.45) is 9.58. The van der Waals surface area contributed by atoms with Crippen LogP contribution < -0.4 is 0 Å². The van der Waals surface area contributed by atoms with Crippen molar-refractivity contribution in [2.75, 3.05) is 5.75 Å². The number of thiophene rings is 1. The van der Waals surface area contributed by atoms with Crippen molar-refractivity contribution in [1.82, 2.24) is 4.98 Å². The van der Waals surface area contributed by atoms with E-state index < -0.39 is 11.4 Å². The van der Waals surface area contributed by atoms with Crippen LogP contribution in [0.1, 0.15) is 72.7 Å². The lowest BCUT2D eigenvalue weighted by Crippen LogP contribution is -2.18. The molecule has 1 aliphatic carbocycles. The number of aryl methyl sites for hydroxylation is 1. The zero-order chi connectivity index (χ0) is 28.3. The van der Waals surface area contributed by atoms with E-state index in [0.717, 1.165) is 59.1 Å². The lowest BCUT2D eigenvalue weighted by atomic mass is 9.90. The first kappa shape index (κ1) is 29.0. The molecule has 0 amide bonds. The molecule has 2 aromatic carbocycles. The normalized spacial score (nSPS) is 15.5. The standard InChI is InChI=1S/C33H33ClFNO2S2/c1-32(2,38)26-9-4-3-7-23(26)11-14-27(39-21-33(16-17-33)18-19-37)24-8-5-6-22(20-24)10-12-25-13-15-28-30(36-25)29(35)31(34)40-28/h3-10,12-13,15,19-20,27,38H,11,14,16-18,21H2,1-2H3. The molecule has 0 radical (unpaired) electrons. The van der Waals surface area contributed by atoms with Gasteiger partial charge in [0.15, 0.2) is 5.82 Å². The van der Waals surface area contributed by atoms with Crippen molar-refractivity contribution in [2.45, 2.75) is 56.8 Å². The van der Waals surface area contributed by atoms with E-state index in [4.69, 9.17) is 11.6 Å². The average molecular weight is 594 g/mol. The molecule has 1 unspecified atom stereocenters. The van der Waals surface area contributed by atoms with Crippen LogP contribution in [0.5, 0.6) is 0 Å². The summed E-state index contributed by atoms with van der Waals surface area (Å²) in [5.74, 6) is 0.496. The fourth-order valence-electron chi connectivity index (χ4n) is 5.08. The fourth-order valence-corrected chi connectivity index (χ4v) is 7.75. The number of hydrogen-bond acceptors (Lipinski definition) is 5. The minimum Gasteiger partial charge on any atom is -0.386 e. The third-order valence-corrected chi connectivity index (χ3v) is 10.6. The quantitative estimate of drug-likeness (QED) is 0.166. The highest BCUT2D eigenvalue weighted by Gasteiger charge is 2.42. The largest absolute Gasteiger partial charge is 0.386 e. The van der Waals surface area contributed by atoms with Gasteiger partial charge in [0, 0.05) is 11.7 Å². The lowest BCUT2D eigenvalue weighted by Gasteiger charge is -2.24. The monoisotopic (exact) mass is 593 g/mol. The van der Waals surface area contributed by atoms with Crippen LogP contribution in [-0.2, 0) is 16.8 Å². The number of carbonyl (C=O) groups excluding carboxylic acids is 1. The van der Waals surface area contributed by atoms with Crippen molar-refractivity contribution in [3.63, 3.8) is 0 Å². The molecule has 3 nitrogen and oxygen atoms in total. The molecule has 1 saturated carbocycles. The molecule has 1 aliphatic rings. The van der Waals surface area contributed by atoms with E-state index in [2.05, 4.69) is 35.3 Å². The van der Waals surface area contributed by atoms with Crippen LogP contribution in [0, 0.1) is 11.2 Å². The Morgan fingerprint density at radius 2 is 1.95 bits per heavy atom. The highest BCUT2D eigenvalue weighted by molar-refractivity contribution is 7.99. The summed E-state index contributed by atoms with van der Waals surface area (Å²) in [4.78, 5) is 15.7. The summed E-state index contributed by atoms with van der Waals surface area (Å²) in [6.45, 7) is 3.66. The highest BCUT2D eigenvalue weighted by atomic mass is 35.5. The van der Waals surface area contributed by atoms with E-state index >= 15 is 0 Å². The van der Waals surface area contributed by atoms with Gasteiger partial charge in [-0.15, -0.1) is 11.3 Å². The first-order valence-electron chi connectivity index (χ1n) is 13.6. The number of aromatic nitrogens is 1. The van der Waals surface area contributed by atoms with Crippen molar-refractivity contribution in [2.24, 2.45) is 5.41 Å². The maximum absolute atomic E-state index is 14.3. The van der Waals surface area contributed by atoms with Gasteiger partial charge in [-0.3, -0.25) is 0 Å². The Labute approximate surface area is 248 Å². The molecule has 0 aliphatic heterocycles. The maximum Gasteiger partial charge on any atom is 0.178 e. The number of carbonyl (C=O) groups is 1. The van der Waals surface area contributed by atoms with Gasteiger partial charge in [-0.25, -0.2) is 9.37 Å². The second-order valence-corrected chi connectivity index (χ2v) is 14.0. The molecular formula is C33H33ClFNO2S2. The number of benzene rings is 2. The van der Waals surface area contributed by atoms with Crippen molar-refractivity contribution in [3.8, 4) is 0 Å². The Hall–Kier alpha value is -2.51. The van der Waals surface area contributed by atoms with Gasteiger partial charge in [-0.1, -0.05) is 66.2 Å². The number of aliphatic hydroxyl groups is 1. The molecule has 0 bridgehead atoms. The molecule has 40 heavy (non-hydrogen) atoms. The number of rotatable bonds is 12. The second kappa shape index (κ2) is 12.2. The zero-order valence-corrected chi connectivity index (χ0v) is 25.1. The molecular weight excluding hydrogens is 561 g/mol. The minimum absolute atomic E-state index is 0.131. The van der Waals surface area contributed by atoms with Crippen LogP contribution in [0.25, 0.3) is 22.4 Å². The van der Waals surface area contributed by atoms with Gasteiger partial charge < -0.3 is 9.90 Å². The van der Waals surface area contributed by atoms with Gasteiger partial charge in [0.25, 0.3) is 0 Å². The summed E-state index contributed by atoms with van der Waals surface area (Å²) in [6, 6.07) is 20.3. The predicted octanol–water partition coefficient (Wildman–Crippen LogP) is 9.26. The van der Waals surface area contributed by atoms with Gasteiger partial charge >= 0.3 is 0 Å². The number of nitrogens with zero attached hydrogens (tertiary/aromatic N) is 1. The summed E-state index contributed by atoms with van der Waals surface area (Å²) in [5, 5.41) is 11.0. The summed E-state index contributed by atoms with van der Waals surface area (Å²) in [7, 11) is 0. The van der Waals surface area contributed by atoms with Crippen LogP contribution in [-0.4, -0.2) is 22.1 Å². The molecule has 2 aromatic heterocycles. The zero-order valence-electron chi connectivity index (χ0n) is 22.7. The smallest absolute Gasteiger partial charge is 0.178 e. The van der Waals surface area contributed by atoms with Crippen LogP contribution >= 0.6 is 34.7 Å². The summed E-state index contributed by atoms with van der Waals surface area (Å²) in [5.41, 5.74) is 4.62. The number of pyridine rings is 1. The number of fused-ring (bicyclic) bond motifs is 1. The molecule has 4 aromatic rings. The molecule has 208 valence electrons. The van der Waals surface area contributed by atoms with Crippen molar-refractivity contribution in [3.05, 3.63) is 98.8 Å². The molecule has 1 fully saturated rings. The molecule has 0 spiro atoms. The Morgan fingerprint density at radius 1 is 1.15 bits per heavy atom. The molecule has 1 N–H and O–H groups in total. The average Bonchev–Trinajstić information content (AvgIpc) is 3.65. The van der Waals surface area contributed by atoms with Crippen LogP contribution in [0.2, 0.25) is 4.34 Å². The molecule has 5 rings (SSSR count). The van der Waals surface area contributed by atoms with E-state index in [1.165, 1.54) is 16.9 Å². The number of halogens is 2. The summed E-state index contributed by atoms with van der Waals surface area (Å²) >= 11 is 9.08. The Kier molecular flexibility index (Phi) is 8.81. The second-order valence-electron chi connectivity index (χ2n) is 11.2. The fraction of sp³-hybridized carbons (Fsp3) is 0.333. The Morgan fingerprint density at radius 3 is 2.70 bits per heavy atom. The first-order chi connectivity index (χ1) is 19.2. The van der Waals surface area contributed by atoms with Crippen LogP contribution in [0.4, 0.5) is 4.39 Å². The molecule has 2 heterocycles. The van der Waals surface area contributed by atoms with Gasteiger partial charge in [0.1, 0.15) is 16.1 Å². The van der Waals surface area contributed by atoms with E-state index in [1.807, 2.05) is 68.1 Å². The minimum atomic E-state index is -0.902. The van der Waals surface area contributed by atoms with Gasteiger partial charge in [0.05, 0.1) is 16.0 Å². The molecule has 0 saturated heterocycles. The summed E-state index contributed by atoms with van der Waals surface area (Å²) < 4.78 is 15.2. The van der Waals surface area contributed by atoms with Gasteiger partial charge in [-0.2, -0.15) is 11.8 Å². The predicted molar refractivity (Wildman–Crippen MR) is 168 cm³/mol. The Balaban J connectivity index is 1.37. The molecule has 7 heteroatoms. The van der Waals surface area contributed by atoms with Crippen LogP contribution in [0.15, 0.2) is 60.7 Å². The Bertz CT molecular complexity index is 1540. The number of thioether (sulfide) groups is 1. The van der Waals surface area contributed by atoms with Gasteiger partial charge in [0.2, 0.25) is 0 Å². The number of hydrogen-bond donors (Lipinski definition) is 1. The topological polar surface area (TPSA) is 50.2 Å². The van der Waals surface area contributed by atoms with Crippen molar-refractivity contribution < 1.29 is 14.3 Å². The van der Waals surface area contributed by atoms with E-state index in [9.17, 15) is 14.3 Å². The third kappa shape index (κ3) is 6.85. The van der Waals surface area contributed by atoms with Crippen molar-refractivity contribution >= 4 is 63.4 Å². The molecule has 1 atom stereocenters. The van der Waals surface area contributed by atoms with E-state index in [-0.39, 0.29) is 15.0 Å². The highest BCUT2D eigenvalue weighted by Crippen LogP contribution is 2.53. The van der Waals surface area contributed by atoms with Crippen LogP contribution in [0.3, 0.4) is 0 Å². The van der Waals surface area contributed by atoms with E-state index in [1.54, 1.807) is 0 Å². The first-order valence-corrected chi connectivity index (χ1v) is 15.8. The van der Waals surface area contributed by atoms with E-state index in [0.29, 0.717) is 17.6 Å². The van der Waals surface area contributed by atoms with Gasteiger partial charge in [-0.05, 0) is 91.2 Å². The van der Waals surface area contributed by atoms with Crippen molar-refractivity contribution in [1.29, 1.82) is 0 Å². The SMILES string of the molecule is CC(C)(O)c1ccccc1CCC(SCC1(CC=O)CC1)c1cccc(C=Cc2ccc3sc(Cl)c(F)c3n2)c1. The third-order valence-electron chi connectivity index (χ3n) is 7.61. The number of aldehydes is 1. The lowest BCUT2D eigenvalue weighted by molar-refractivity contribution is -0.108.